The molecule has 1 aliphatic rings. The second kappa shape index (κ2) is 4.40. The first-order valence-electron chi connectivity index (χ1n) is 5.55. The van der Waals surface area contributed by atoms with Crippen LogP contribution in [-0.2, 0) is 0 Å². The summed E-state index contributed by atoms with van der Waals surface area (Å²) in [5, 5.41) is 0.585. The highest BCUT2D eigenvalue weighted by Crippen LogP contribution is 2.25. The smallest absolute Gasteiger partial charge is 0.129 e. The molecule has 1 saturated heterocycles. The molecule has 0 aromatic carbocycles. The number of hydrogen-bond donors (Lipinski definition) is 0. The molecule has 1 aliphatic heterocycles. The van der Waals surface area contributed by atoms with Gasteiger partial charge in [-0.25, -0.2) is 4.98 Å². The molecule has 0 amide bonds. The van der Waals surface area contributed by atoms with Crippen LogP contribution in [0.3, 0.4) is 0 Å². The van der Waals surface area contributed by atoms with Crippen LogP contribution in [0.5, 0.6) is 0 Å². The van der Waals surface area contributed by atoms with Gasteiger partial charge in [-0.05, 0) is 37.8 Å². The van der Waals surface area contributed by atoms with E-state index in [0.29, 0.717) is 5.15 Å². The monoisotopic (exact) mass is 224 g/mol. The fraction of sp³-hybridized carbons (Fsp3) is 0.583. The maximum atomic E-state index is 5.85. The Balaban J connectivity index is 2.15. The summed E-state index contributed by atoms with van der Waals surface area (Å²) >= 11 is 5.85. The number of halogens is 1. The highest BCUT2D eigenvalue weighted by Gasteiger charge is 2.17. The number of aryl methyl sites for hydroxylation is 1. The molecule has 1 aromatic heterocycles. The molecule has 1 fully saturated rings. The van der Waals surface area contributed by atoms with Crippen LogP contribution >= 0.6 is 11.6 Å². The molecule has 0 unspecified atom stereocenters. The largest absolute Gasteiger partial charge is 0.370 e. The van der Waals surface area contributed by atoms with Gasteiger partial charge in [0.25, 0.3) is 0 Å². The number of piperidine rings is 1. The second-order valence-corrected chi connectivity index (χ2v) is 4.80. The number of pyridine rings is 1. The van der Waals surface area contributed by atoms with E-state index >= 15 is 0 Å². The maximum Gasteiger partial charge on any atom is 0.129 e. The number of nitrogens with zero attached hydrogens (tertiary/aromatic N) is 2. The molecule has 0 bridgehead atoms. The molecule has 15 heavy (non-hydrogen) atoms. The Morgan fingerprint density at radius 2 is 2.00 bits per heavy atom. The van der Waals surface area contributed by atoms with E-state index < -0.39 is 0 Å². The fourth-order valence-electron chi connectivity index (χ4n) is 2.11. The zero-order valence-corrected chi connectivity index (χ0v) is 10.1. The van der Waals surface area contributed by atoms with E-state index in [9.17, 15) is 0 Å². The first kappa shape index (κ1) is 10.7. The summed E-state index contributed by atoms with van der Waals surface area (Å²) in [5.74, 6) is 0.863. The highest BCUT2D eigenvalue weighted by molar-refractivity contribution is 6.29. The predicted molar refractivity (Wildman–Crippen MR) is 64.6 cm³/mol. The summed E-state index contributed by atoms with van der Waals surface area (Å²) in [6, 6.07) is 3.96. The minimum absolute atomic E-state index is 0.585. The maximum absolute atomic E-state index is 5.85. The van der Waals surface area contributed by atoms with E-state index in [1.54, 1.807) is 0 Å². The van der Waals surface area contributed by atoms with Crippen LogP contribution in [0.15, 0.2) is 12.1 Å². The van der Waals surface area contributed by atoms with Crippen molar-refractivity contribution in [3.63, 3.8) is 0 Å². The van der Waals surface area contributed by atoms with Crippen LogP contribution in [0.4, 0.5) is 5.69 Å². The minimum Gasteiger partial charge on any atom is -0.370 e. The Hall–Kier alpha value is -0.760. The Morgan fingerprint density at radius 1 is 1.33 bits per heavy atom. The van der Waals surface area contributed by atoms with Crippen LogP contribution in [0.25, 0.3) is 0 Å². The van der Waals surface area contributed by atoms with E-state index in [0.717, 1.165) is 24.7 Å². The molecule has 2 heterocycles. The minimum atomic E-state index is 0.585. The number of hydrogen-bond acceptors (Lipinski definition) is 2. The van der Waals surface area contributed by atoms with Gasteiger partial charge in [0.05, 0.1) is 11.4 Å². The zero-order valence-electron chi connectivity index (χ0n) is 9.33. The van der Waals surface area contributed by atoms with Crippen LogP contribution in [-0.4, -0.2) is 18.1 Å². The predicted octanol–water partition coefficient (Wildman–Crippen LogP) is 3.28. The third-order valence-electron chi connectivity index (χ3n) is 3.15. The lowest BCUT2D eigenvalue weighted by molar-refractivity contribution is 0.438. The Labute approximate surface area is 96.3 Å². The molecular weight excluding hydrogens is 208 g/mol. The molecule has 0 saturated carbocycles. The molecule has 0 aliphatic carbocycles. The lowest BCUT2D eigenvalue weighted by Gasteiger charge is -2.32. The Morgan fingerprint density at radius 3 is 2.60 bits per heavy atom. The van der Waals surface area contributed by atoms with Crippen LogP contribution in [0.1, 0.15) is 25.5 Å². The third kappa shape index (κ3) is 2.43. The lowest BCUT2D eigenvalue weighted by Crippen LogP contribution is -2.33. The van der Waals surface area contributed by atoms with Crippen LogP contribution < -0.4 is 4.90 Å². The number of rotatable bonds is 1. The van der Waals surface area contributed by atoms with Gasteiger partial charge in [0.1, 0.15) is 5.15 Å². The first-order valence-corrected chi connectivity index (χ1v) is 5.92. The summed E-state index contributed by atoms with van der Waals surface area (Å²) in [4.78, 5) is 6.71. The van der Waals surface area contributed by atoms with Gasteiger partial charge in [-0.1, -0.05) is 18.5 Å². The van der Waals surface area contributed by atoms with Gasteiger partial charge in [-0.15, -0.1) is 0 Å². The normalized spacial score (nSPS) is 18.2. The summed E-state index contributed by atoms with van der Waals surface area (Å²) in [5.41, 5.74) is 2.28. The van der Waals surface area contributed by atoms with E-state index in [4.69, 9.17) is 11.6 Å². The first-order chi connectivity index (χ1) is 7.16. The molecule has 0 radical (unpaired) electrons. The zero-order chi connectivity index (χ0) is 10.8. The molecule has 2 nitrogen and oxygen atoms in total. The molecule has 1 aromatic rings. The van der Waals surface area contributed by atoms with Gasteiger partial charge in [0.2, 0.25) is 0 Å². The standard InChI is InChI=1S/C12H17ClN2/c1-9-5-7-15(8-6-9)11-3-4-12(13)14-10(11)2/h3-4,9H,5-8H2,1-2H3. The Kier molecular flexibility index (Phi) is 3.15. The van der Waals surface area contributed by atoms with Gasteiger partial charge in [-0.3, -0.25) is 0 Å². The van der Waals surface area contributed by atoms with Crippen molar-refractivity contribution >= 4 is 17.3 Å². The summed E-state index contributed by atoms with van der Waals surface area (Å²) in [7, 11) is 0. The van der Waals surface area contributed by atoms with E-state index in [1.165, 1.54) is 18.5 Å². The quantitative estimate of drug-likeness (QED) is 0.681. The van der Waals surface area contributed by atoms with Gasteiger partial charge in [-0.2, -0.15) is 0 Å². The molecule has 0 atom stereocenters. The van der Waals surface area contributed by atoms with E-state index in [2.05, 4.69) is 22.9 Å². The van der Waals surface area contributed by atoms with Crippen LogP contribution in [0, 0.1) is 12.8 Å². The van der Waals surface area contributed by atoms with Crippen molar-refractivity contribution in [2.75, 3.05) is 18.0 Å². The van der Waals surface area contributed by atoms with Crippen molar-refractivity contribution in [2.45, 2.75) is 26.7 Å². The molecule has 0 spiro atoms. The van der Waals surface area contributed by atoms with E-state index in [1.807, 2.05) is 13.0 Å². The van der Waals surface area contributed by atoms with Gasteiger partial charge >= 0.3 is 0 Å². The van der Waals surface area contributed by atoms with Gasteiger partial charge in [0, 0.05) is 13.1 Å². The van der Waals surface area contributed by atoms with Gasteiger partial charge in [0.15, 0.2) is 0 Å². The average molecular weight is 225 g/mol. The number of anilines is 1. The van der Waals surface area contributed by atoms with Crippen molar-refractivity contribution in [3.05, 3.63) is 23.0 Å². The topological polar surface area (TPSA) is 16.1 Å². The summed E-state index contributed by atoms with van der Waals surface area (Å²) in [6.07, 6.45) is 2.56. The molecule has 82 valence electrons. The average Bonchev–Trinajstić information content (AvgIpc) is 2.20. The molecular formula is C12H17ClN2. The molecule has 0 N–H and O–H groups in total. The van der Waals surface area contributed by atoms with Crippen LogP contribution in [0.2, 0.25) is 5.15 Å². The van der Waals surface area contributed by atoms with E-state index in [-0.39, 0.29) is 0 Å². The fourth-order valence-corrected chi connectivity index (χ4v) is 2.30. The Bertz CT molecular complexity index is 343. The van der Waals surface area contributed by atoms with Gasteiger partial charge < -0.3 is 4.90 Å². The number of aromatic nitrogens is 1. The molecule has 3 heteroatoms. The summed E-state index contributed by atoms with van der Waals surface area (Å²) in [6.45, 7) is 6.64. The SMILES string of the molecule is Cc1nc(Cl)ccc1N1CCC(C)CC1. The highest BCUT2D eigenvalue weighted by atomic mass is 35.5. The third-order valence-corrected chi connectivity index (χ3v) is 3.36. The lowest BCUT2D eigenvalue weighted by atomic mass is 9.99. The molecule has 2 rings (SSSR count). The van der Waals surface area contributed by atoms with Crippen molar-refractivity contribution < 1.29 is 0 Å². The van der Waals surface area contributed by atoms with Crippen molar-refractivity contribution in [1.29, 1.82) is 0 Å². The van der Waals surface area contributed by atoms with Crippen molar-refractivity contribution in [3.8, 4) is 0 Å². The van der Waals surface area contributed by atoms with Crippen molar-refractivity contribution in [2.24, 2.45) is 5.92 Å². The van der Waals surface area contributed by atoms with Crippen molar-refractivity contribution in [1.82, 2.24) is 4.98 Å². The second-order valence-electron chi connectivity index (χ2n) is 4.41. The summed E-state index contributed by atoms with van der Waals surface area (Å²) < 4.78 is 0.